The standard InChI is InChI=1S/C8H12N2/c1-5-7-6(2)10-9-4-8(5,7)3/h4-5,7H,1-3H3. The Labute approximate surface area is 61.0 Å². The van der Waals surface area contributed by atoms with Gasteiger partial charge in [-0.15, -0.1) is 0 Å². The molecule has 2 aliphatic rings. The number of nitrogens with zero attached hydrogens (tertiary/aromatic N) is 2. The predicted octanol–water partition coefficient (Wildman–Crippen LogP) is 1.72. The first kappa shape index (κ1) is 6.08. The van der Waals surface area contributed by atoms with Crippen LogP contribution in [0, 0.1) is 17.3 Å². The van der Waals surface area contributed by atoms with Gasteiger partial charge in [0.05, 0.1) is 0 Å². The van der Waals surface area contributed by atoms with Gasteiger partial charge in [0, 0.05) is 23.3 Å². The highest BCUT2D eigenvalue weighted by molar-refractivity contribution is 5.96. The first-order chi connectivity index (χ1) is 4.66. The van der Waals surface area contributed by atoms with Crippen molar-refractivity contribution in [3.05, 3.63) is 0 Å². The van der Waals surface area contributed by atoms with Crippen molar-refractivity contribution in [2.45, 2.75) is 20.8 Å². The Morgan fingerprint density at radius 2 is 2.30 bits per heavy atom. The summed E-state index contributed by atoms with van der Waals surface area (Å²) in [6.45, 7) is 6.59. The van der Waals surface area contributed by atoms with Crippen molar-refractivity contribution in [3.8, 4) is 0 Å². The van der Waals surface area contributed by atoms with Crippen LogP contribution in [-0.2, 0) is 0 Å². The highest BCUT2D eigenvalue weighted by Crippen LogP contribution is 2.58. The lowest BCUT2D eigenvalue weighted by molar-refractivity contribution is 0.711. The van der Waals surface area contributed by atoms with Gasteiger partial charge in [-0.2, -0.15) is 10.2 Å². The summed E-state index contributed by atoms with van der Waals surface area (Å²) in [5.74, 6) is 1.44. The average Bonchev–Trinajstić information content (AvgIpc) is 2.38. The summed E-state index contributed by atoms with van der Waals surface area (Å²) in [6, 6.07) is 0. The smallest absolute Gasteiger partial charge is 0.0418 e. The zero-order valence-corrected chi connectivity index (χ0v) is 6.63. The highest BCUT2D eigenvalue weighted by atomic mass is 15.2. The molecule has 0 amide bonds. The van der Waals surface area contributed by atoms with Crippen LogP contribution in [0.1, 0.15) is 20.8 Å². The minimum atomic E-state index is 0.353. The lowest BCUT2D eigenvalue weighted by Gasteiger charge is -2.05. The molecule has 2 rings (SSSR count). The third-order valence-electron chi connectivity index (χ3n) is 3.04. The van der Waals surface area contributed by atoms with Crippen molar-refractivity contribution in [2.75, 3.05) is 0 Å². The Hall–Kier alpha value is -0.660. The summed E-state index contributed by atoms with van der Waals surface area (Å²) in [7, 11) is 0. The molecule has 0 aromatic heterocycles. The van der Waals surface area contributed by atoms with Gasteiger partial charge < -0.3 is 0 Å². The van der Waals surface area contributed by atoms with Crippen LogP contribution in [-0.4, -0.2) is 11.9 Å². The van der Waals surface area contributed by atoms with E-state index in [9.17, 15) is 0 Å². The van der Waals surface area contributed by atoms with Crippen molar-refractivity contribution in [3.63, 3.8) is 0 Å². The maximum atomic E-state index is 4.03. The Balaban J connectivity index is 2.36. The lowest BCUT2D eigenvalue weighted by atomic mass is 10.1. The fraction of sp³-hybridized carbons (Fsp3) is 0.750. The van der Waals surface area contributed by atoms with Crippen LogP contribution in [0.2, 0.25) is 0 Å². The minimum Gasteiger partial charge on any atom is -0.163 e. The van der Waals surface area contributed by atoms with Gasteiger partial charge in [-0.25, -0.2) is 0 Å². The van der Waals surface area contributed by atoms with Crippen molar-refractivity contribution >= 4 is 11.9 Å². The molecule has 3 unspecified atom stereocenters. The van der Waals surface area contributed by atoms with Gasteiger partial charge in [0.25, 0.3) is 0 Å². The normalized spacial score (nSPS) is 50.1. The van der Waals surface area contributed by atoms with E-state index in [1.165, 1.54) is 5.71 Å². The second kappa shape index (κ2) is 1.49. The molecule has 0 aromatic rings. The molecule has 3 atom stereocenters. The van der Waals surface area contributed by atoms with Crippen LogP contribution in [0.3, 0.4) is 0 Å². The summed E-state index contributed by atoms with van der Waals surface area (Å²) in [4.78, 5) is 0. The molecule has 1 aliphatic carbocycles. The first-order valence-electron chi connectivity index (χ1n) is 3.75. The van der Waals surface area contributed by atoms with Gasteiger partial charge in [0.15, 0.2) is 0 Å². The second-order valence-corrected chi connectivity index (χ2v) is 3.62. The lowest BCUT2D eigenvalue weighted by Crippen LogP contribution is -2.09. The van der Waals surface area contributed by atoms with E-state index in [0.717, 1.165) is 5.92 Å². The quantitative estimate of drug-likeness (QED) is 0.484. The Kier molecular flexibility index (Phi) is 0.908. The second-order valence-electron chi connectivity index (χ2n) is 3.62. The van der Waals surface area contributed by atoms with Gasteiger partial charge >= 0.3 is 0 Å². The molecular weight excluding hydrogens is 124 g/mol. The summed E-state index contributed by atoms with van der Waals surface area (Å²) in [5.41, 5.74) is 1.56. The van der Waals surface area contributed by atoms with Crippen LogP contribution in [0.15, 0.2) is 10.2 Å². The number of rotatable bonds is 0. The third kappa shape index (κ3) is 0.498. The summed E-state index contributed by atoms with van der Waals surface area (Å²) >= 11 is 0. The van der Waals surface area contributed by atoms with Crippen LogP contribution in [0.25, 0.3) is 0 Å². The minimum absolute atomic E-state index is 0.353. The van der Waals surface area contributed by atoms with E-state index >= 15 is 0 Å². The average molecular weight is 136 g/mol. The summed E-state index contributed by atoms with van der Waals surface area (Å²) < 4.78 is 0. The third-order valence-corrected chi connectivity index (χ3v) is 3.04. The van der Waals surface area contributed by atoms with Gasteiger partial charge in [0.2, 0.25) is 0 Å². The highest BCUT2D eigenvalue weighted by Gasteiger charge is 2.59. The SMILES string of the molecule is CC1=NN=CC2(C)C(C)C12. The fourth-order valence-electron chi connectivity index (χ4n) is 2.07. The molecule has 0 N–H and O–H groups in total. The molecule has 0 radical (unpaired) electrons. The van der Waals surface area contributed by atoms with Crippen LogP contribution < -0.4 is 0 Å². The predicted molar refractivity (Wildman–Crippen MR) is 42.4 cm³/mol. The van der Waals surface area contributed by atoms with Crippen molar-refractivity contribution in [1.29, 1.82) is 0 Å². The molecule has 0 aromatic carbocycles. The molecule has 1 saturated carbocycles. The van der Waals surface area contributed by atoms with Gasteiger partial charge in [0.1, 0.15) is 0 Å². The van der Waals surface area contributed by atoms with E-state index in [-0.39, 0.29) is 0 Å². The molecular formula is C8H12N2. The van der Waals surface area contributed by atoms with Crippen molar-refractivity contribution in [2.24, 2.45) is 27.5 Å². The van der Waals surface area contributed by atoms with E-state index in [4.69, 9.17) is 0 Å². The van der Waals surface area contributed by atoms with E-state index in [2.05, 4.69) is 31.0 Å². The van der Waals surface area contributed by atoms with Crippen LogP contribution in [0.4, 0.5) is 0 Å². The summed E-state index contributed by atoms with van der Waals surface area (Å²) in [5, 5.41) is 8.00. The maximum absolute atomic E-state index is 4.03. The summed E-state index contributed by atoms with van der Waals surface area (Å²) in [6.07, 6.45) is 2.00. The monoisotopic (exact) mass is 136 g/mol. The first-order valence-corrected chi connectivity index (χ1v) is 3.75. The number of hydrogen-bond donors (Lipinski definition) is 0. The zero-order chi connectivity index (χ0) is 7.35. The molecule has 0 spiro atoms. The molecule has 1 fully saturated rings. The van der Waals surface area contributed by atoms with Gasteiger partial charge in [-0.1, -0.05) is 13.8 Å². The van der Waals surface area contributed by atoms with Gasteiger partial charge in [-0.3, -0.25) is 0 Å². The Morgan fingerprint density at radius 1 is 1.60 bits per heavy atom. The number of hydrogen-bond acceptors (Lipinski definition) is 2. The fourth-order valence-corrected chi connectivity index (χ4v) is 2.07. The molecule has 1 aliphatic heterocycles. The van der Waals surface area contributed by atoms with Crippen LogP contribution >= 0.6 is 0 Å². The largest absolute Gasteiger partial charge is 0.163 e. The Bertz CT molecular complexity index is 229. The van der Waals surface area contributed by atoms with E-state index in [0.29, 0.717) is 11.3 Å². The number of fused-ring (bicyclic) bond motifs is 1. The molecule has 1 heterocycles. The Morgan fingerprint density at radius 3 is 2.80 bits per heavy atom. The topological polar surface area (TPSA) is 24.7 Å². The molecule has 10 heavy (non-hydrogen) atoms. The van der Waals surface area contributed by atoms with Gasteiger partial charge in [-0.05, 0) is 12.8 Å². The molecule has 2 nitrogen and oxygen atoms in total. The maximum Gasteiger partial charge on any atom is 0.0418 e. The molecule has 0 bridgehead atoms. The van der Waals surface area contributed by atoms with Crippen LogP contribution in [0.5, 0.6) is 0 Å². The van der Waals surface area contributed by atoms with E-state index in [1.807, 2.05) is 6.21 Å². The molecule has 2 heteroatoms. The van der Waals surface area contributed by atoms with E-state index in [1.54, 1.807) is 0 Å². The van der Waals surface area contributed by atoms with Crippen molar-refractivity contribution < 1.29 is 0 Å². The molecule has 54 valence electrons. The van der Waals surface area contributed by atoms with E-state index < -0.39 is 0 Å². The zero-order valence-electron chi connectivity index (χ0n) is 6.63. The molecule has 0 saturated heterocycles. The van der Waals surface area contributed by atoms with Crippen molar-refractivity contribution in [1.82, 2.24) is 0 Å².